The summed E-state index contributed by atoms with van der Waals surface area (Å²) < 4.78 is 0. The second-order valence-corrected chi connectivity index (χ2v) is 7.50. The van der Waals surface area contributed by atoms with Crippen molar-refractivity contribution in [1.82, 2.24) is 10.2 Å². The Morgan fingerprint density at radius 3 is 2.35 bits per heavy atom. The van der Waals surface area contributed by atoms with Gasteiger partial charge in [-0.15, -0.1) is 0 Å². The van der Waals surface area contributed by atoms with Crippen LogP contribution in [0.2, 0.25) is 0 Å². The molecule has 2 heteroatoms. The van der Waals surface area contributed by atoms with Crippen LogP contribution in [0.1, 0.15) is 54.9 Å². The highest BCUT2D eigenvalue weighted by molar-refractivity contribution is 4.98. The Balaban J connectivity index is 2.80. The molecule has 17 heavy (non-hydrogen) atoms. The van der Waals surface area contributed by atoms with E-state index in [1.165, 1.54) is 19.5 Å². The van der Waals surface area contributed by atoms with Gasteiger partial charge >= 0.3 is 0 Å². The molecule has 0 aromatic rings. The van der Waals surface area contributed by atoms with Crippen LogP contribution in [-0.2, 0) is 0 Å². The first-order valence-electron chi connectivity index (χ1n) is 7.17. The Morgan fingerprint density at radius 1 is 1.35 bits per heavy atom. The zero-order valence-corrected chi connectivity index (χ0v) is 12.9. The summed E-state index contributed by atoms with van der Waals surface area (Å²) >= 11 is 0. The fourth-order valence-electron chi connectivity index (χ4n) is 2.84. The zero-order chi connectivity index (χ0) is 13.3. The molecule has 0 saturated carbocycles. The molecule has 0 aromatic heterocycles. The lowest BCUT2D eigenvalue weighted by molar-refractivity contribution is 0.0187. The summed E-state index contributed by atoms with van der Waals surface area (Å²) in [6, 6.07) is 0.657. The largest absolute Gasteiger partial charge is 0.309 e. The fraction of sp³-hybridized carbons (Fsp3) is 1.00. The molecule has 1 aliphatic rings. The average Bonchev–Trinajstić information content (AvgIpc) is 2.14. The number of hydrogen-bond acceptors (Lipinski definition) is 2. The number of hydrogen-bond donors (Lipinski definition) is 1. The van der Waals surface area contributed by atoms with E-state index >= 15 is 0 Å². The summed E-state index contributed by atoms with van der Waals surface area (Å²) in [7, 11) is 0. The van der Waals surface area contributed by atoms with Gasteiger partial charge in [-0.3, -0.25) is 4.90 Å². The second kappa shape index (κ2) is 5.27. The van der Waals surface area contributed by atoms with Crippen molar-refractivity contribution in [2.24, 2.45) is 11.3 Å². The predicted molar refractivity (Wildman–Crippen MR) is 76.4 cm³/mol. The first kappa shape index (κ1) is 15.0. The van der Waals surface area contributed by atoms with Crippen molar-refractivity contribution in [3.63, 3.8) is 0 Å². The van der Waals surface area contributed by atoms with Crippen LogP contribution in [0, 0.1) is 11.3 Å². The van der Waals surface area contributed by atoms with Crippen LogP contribution in [0.3, 0.4) is 0 Å². The Kier molecular flexibility index (Phi) is 4.65. The molecule has 0 radical (unpaired) electrons. The van der Waals surface area contributed by atoms with Gasteiger partial charge in [0.05, 0.1) is 0 Å². The molecular weight excluding hydrogens is 208 g/mol. The molecule has 102 valence electrons. The molecule has 2 atom stereocenters. The Bertz CT molecular complexity index is 242. The minimum absolute atomic E-state index is 0.302. The number of nitrogens with one attached hydrogen (secondary N) is 1. The van der Waals surface area contributed by atoms with E-state index in [9.17, 15) is 0 Å². The highest BCUT2D eigenvalue weighted by Crippen LogP contribution is 2.30. The molecule has 0 bridgehead atoms. The van der Waals surface area contributed by atoms with E-state index in [0.717, 1.165) is 12.5 Å². The molecule has 1 heterocycles. The molecule has 0 spiro atoms. The summed E-state index contributed by atoms with van der Waals surface area (Å²) in [6.07, 6.45) is 1.21. The maximum absolute atomic E-state index is 3.76. The van der Waals surface area contributed by atoms with Gasteiger partial charge in [0, 0.05) is 31.2 Å². The smallest absolute Gasteiger partial charge is 0.0278 e. The summed E-state index contributed by atoms with van der Waals surface area (Å²) in [6.45, 7) is 19.9. The van der Waals surface area contributed by atoms with Crippen LogP contribution < -0.4 is 5.32 Å². The van der Waals surface area contributed by atoms with Gasteiger partial charge in [0.25, 0.3) is 0 Å². The van der Waals surface area contributed by atoms with E-state index in [0.29, 0.717) is 17.0 Å². The molecule has 2 unspecified atom stereocenters. The third-order valence-corrected chi connectivity index (χ3v) is 4.09. The van der Waals surface area contributed by atoms with Gasteiger partial charge in [0.2, 0.25) is 0 Å². The standard InChI is InChI=1S/C15H32N2/c1-8-15(7)11-17(10-12(2)3)13(9-16-15)14(4,5)6/h12-13,16H,8-11H2,1-7H3. The van der Waals surface area contributed by atoms with Crippen LogP contribution in [0.25, 0.3) is 0 Å². The molecular formula is C15H32N2. The first-order chi connectivity index (χ1) is 7.68. The highest BCUT2D eigenvalue weighted by atomic mass is 15.3. The number of rotatable bonds is 3. The molecule has 1 fully saturated rings. The minimum atomic E-state index is 0.302. The zero-order valence-electron chi connectivity index (χ0n) is 12.9. The van der Waals surface area contributed by atoms with Crippen molar-refractivity contribution in [3.8, 4) is 0 Å². The van der Waals surface area contributed by atoms with Crippen LogP contribution in [0.4, 0.5) is 0 Å². The van der Waals surface area contributed by atoms with Gasteiger partial charge in [-0.25, -0.2) is 0 Å². The lowest BCUT2D eigenvalue weighted by Crippen LogP contribution is -2.66. The third-order valence-electron chi connectivity index (χ3n) is 4.09. The SMILES string of the molecule is CCC1(C)CN(CC(C)C)C(C(C)(C)C)CN1. The van der Waals surface area contributed by atoms with Crippen LogP contribution in [0.5, 0.6) is 0 Å². The maximum Gasteiger partial charge on any atom is 0.0278 e. The molecule has 0 aromatic carbocycles. The quantitative estimate of drug-likeness (QED) is 0.815. The monoisotopic (exact) mass is 240 g/mol. The van der Waals surface area contributed by atoms with E-state index in [2.05, 4.69) is 58.7 Å². The van der Waals surface area contributed by atoms with Crippen molar-refractivity contribution in [3.05, 3.63) is 0 Å². The molecule has 0 aliphatic carbocycles. The van der Waals surface area contributed by atoms with Crippen molar-refractivity contribution in [1.29, 1.82) is 0 Å². The van der Waals surface area contributed by atoms with E-state index in [4.69, 9.17) is 0 Å². The fourth-order valence-corrected chi connectivity index (χ4v) is 2.84. The Morgan fingerprint density at radius 2 is 1.94 bits per heavy atom. The Labute approximate surface area is 108 Å². The van der Waals surface area contributed by atoms with Gasteiger partial charge in [-0.1, -0.05) is 41.5 Å². The van der Waals surface area contributed by atoms with Crippen LogP contribution >= 0.6 is 0 Å². The van der Waals surface area contributed by atoms with Gasteiger partial charge in [0.15, 0.2) is 0 Å². The van der Waals surface area contributed by atoms with Crippen LogP contribution in [0.15, 0.2) is 0 Å². The van der Waals surface area contributed by atoms with E-state index < -0.39 is 0 Å². The second-order valence-electron chi connectivity index (χ2n) is 7.50. The number of nitrogens with zero attached hydrogens (tertiary/aromatic N) is 1. The van der Waals surface area contributed by atoms with E-state index in [1.54, 1.807) is 0 Å². The topological polar surface area (TPSA) is 15.3 Å². The summed E-state index contributed by atoms with van der Waals surface area (Å²) in [5, 5.41) is 3.76. The molecule has 1 N–H and O–H groups in total. The lowest BCUT2D eigenvalue weighted by Gasteiger charge is -2.51. The first-order valence-corrected chi connectivity index (χ1v) is 7.17. The van der Waals surface area contributed by atoms with Gasteiger partial charge < -0.3 is 5.32 Å². The molecule has 0 amide bonds. The van der Waals surface area contributed by atoms with Gasteiger partial charge in [-0.05, 0) is 24.7 Å². The maximum atomic E-state index is 3.76. The summed E-state index contributed by atoms with van der Waals surface area (Å²) in [5.41, 5.74) is 0.660. The predicted octanol–water partition coefficient (Wildman–Crippen LogP) is 3.13. The third kappa shape index (κ3) is 3.96. The average molecular weight is 240 g/mol. The lowest BCUT2D eigenvalue weighted by atomic mass is 9.81. The van der Waals surface area contributed by atoms with E-state index in [-0.39, 0.29) is 0 Å². The van der Waals surface area contributed by atoms with Crippen molar-refractivity contribution < 1.29 is 0 Å². The Hall–Kier alpha value is -0.0800. The molecule has 1 rings (SSSR count). The van der Waals surface area contributed by atoms with Gasteiger partial charge in [-0.2, -0.15) is 0 Å². The molecule has 2 nitrogen and oxygen atoms in total. The van der Waals surface area contributed by atoms with Crippen LogP contribution in [-0.4, -0.2) is 36.1 Å². The van der Waals surface area contributed by atoms with Crippen molar-refractivity contribution in [2.45, 2.75) is 66.5 Å². The summed E-state index contributed by atoms with van der Waals surface area (Å²) in [5.74, 6) is 0.749. The number of piperazine rings is 1. The van der Waals surface area contributed by atoms with Gasteiger partial charge in [0.1, 0.15) is 0 Å². The molecule has 1 aliphatic heterocycles. The van der Waals surface area contributed by atoms with E-state index in [1.807, 2.05) is 0 Å². The van der Waals surface area contributed by atoms with Crippen molar-refractivity contribution in [2.75, 3.05) is 19.6 Å². The molecule has 1 saturated heterocycles. The normalized spacial score (nSPS) is 32.1. The summed E-state index contributed by atoms with van der Waals surface area (Å²) in [4.78, 5) is 2.71. The minimum Gasteiger partial charge on any atom is -0.309 e. The highest BCUT2D eigenvalue weighted by Gasteiger charge is 2.39. The van der Waals surface area contributed by atoms with Crippen molar-refractivity contribution >= 4 is 0 Å².